The molecule has 0 saturated heterocycles. The summed E-state index contributed by atoms with van der Waals surface area (Å²) in [6, 6.07) is 22.4. The zero-order chi connectivity index (χ0) is 25.6. The second kappa shape index (κ2) is 15.1. The third kappa shape index (κ3) is 8.87. The molecular weight excluding hydrogens is 468 g/mol. The average molecular weight is 505 g/mol. The van der Waals surface area contributed by atoms with Crippen LogP contribution in [0.15, 0.2) is 77.7 Å². The topological polar surface area (TPSA) is 52.6 Å². The van der Waals surface area contributed by atoms with E-state index >= 15 is 0 Å². The van der Waals surface area contributed by atoms with E-state index < -0.39 is 5.97 Å². The van der Waals surface area contributed by atoms with Crippen molar-refractivity contribution in [1.82, 2.24) is 0 Å². The van der Waals surface area contributed by atoms with Crippen molar-refractivity contribution in [2.45, 2.75) is 63.7 Å². The molecule has 0 radical (unpaired) electrons. The van der Waals surface area contributed by atoms with Crippen LogP contribution in [0.5, 0.6) is 5.75 Å². The highest BCUT2D eigenvalue weighted by Gasteiger charge is 2.11. The standard InChI is InChI=1S/C31H36O4S/c1-3-5-7-9-23-36-29-20-16-25(17-21-29)24-10-12-27(13-11-24)31(33)35-28-18-14-26(15-19-28)30(32)34-22-8-6-4-2/h10-21H,3-9,22-23H2,1-2H3. The fourth-order valence-electron chi connectivity index (χ4n) is 3.69. The molecule has 0 unspecified atom stereocenters. The fourth-order valence-corrected chi connectivity index (χ4v) is 4.60. The Kier molecular flexibility index (Phi) is 11.6. The summed E-state index contributed by atoms with van der Waals surface area (Å²) in [5.74, 6) is 0.737. The number of thioether (sulfide) groups is 1. The van der Waals surface area contributed by atoms with Gasteiger partial charge in [0.15, 0.2) is 0 Å². The van der Waals surface area contributed by atoms with Crippen LogP contribution in [0, 0.1) is 0 Å². The summed E-state index contributed by atoms with van der Waals surface area (Å²) in [6.07, 6.45) is 8.11. The summed E-state index contributed by atoms with van der Waals surface area (Å²) in [5, 5.41) is 0. The first kappa shape index (κ1) is 27.5. The molecule has 0 spiro atoms. The van der Waals surface area contributed by atoms with Crippen molar-refractivity contribution in [2.24, 2.45) is 0 Å². The van der Waals surface area contributed by atoms with E-state index in [0.29, 0.717) is 23.5 Å². The molecule has 190 valence electrons. The number of unbranched alkanes of at least 4 members (excludes halogenated alkanes) is 5. The maximum Gasteiger partial charge on any atom is 0.343 e. The molecule has 0 heterocycles. The summed E-state index contributed by atoms with van der Waals surface area (Å²) in [4.78, 5) is 25.9. The molecule has 0 aliphatic rings. The molecule has 0 aromatic heterocycles. The van der Waals surface area contributed by atoms with Gasteiger partial charge in [0.1, 0.15) is 5.75 Å². The summed E-state index contributed by atoms with van der Waals surface area (Å²) < 4.78 is 10.7. The van der Waals surface area contributed by atoms with Gasteiger partial charge in [-0.2, -0.15) is 0 Å². The molecule has 0 saturated carbocycles. The van der Waals surface area contributed by atoms with Gasteiger partial charge in [0.05, 0.1) is 17.7 Å². The van der Waals surface area contributed by atoms with Crippen molar-refractivity contribution >= 4 is 23.7 Å². The largest absolute Gasteiger partial charge is 0.462 e. The van der Waals surface area contributed by atoms with Crippen LogP contribution in [0.3, 0.4) is 0 Å². The number of esters is 2. The quantitative estimate of drug-likeness (QED) is 0.0952. The summed E-state index contributed by atoms with van der Waals surface area (Å²) in [5.41, 5.74) is 3.07. The molecule has 36 heavy (non-hydrogen) atoms. The van der Waals surface area contributed by atoms with E-state index in [1.165, 1.54) is 30.6 Å². The second-order valence-electron chi connectivity index (χ2n) is 8.77. The van der Waals surface area contributed by atoms with Gasteiger partial charge in [-0.3, -0.25) is 0 Å². The minimum atomic E-state index is -0.439. The molecule has 0 amide bonds. The van der Waals surface area contributed by atoms with Crippen LogP contribution in [-0.4, -0.2) is 24.3 Å². The van der Waals surface area contributed by atoms with Crippen molar-refractivity contribution in [3.8, 4) is 16.9 Å². The van der Waals surface area contributed by atoms with Gasteiger partial charge in [-0.05, 0) is 78.3 Å². The van der Waals surface area contributed by atoms with Crippen molar-refractivity contribution in [2.75, 3.05) is 12.4 Å². The third-order valence-electron chi connectivity index (χ3n) is 5.86. The molecule has 0 aliphatic carbocycles. The lowest BCUT2D eigenvalue weighted by molar-refractivity contribution is 0.0498. The number of rotatable bonds is 14. The summed E-state index contributed by atoms with van der Waals surface area (Å²) in [6.45, 7) is 4.75. The van der Waals surface area contributed by atoms with Gasteiger partial charge in [-0.1, -0.05) is 70.2 Å². The highest BCUT2D eigenvalue weighted by molar-refractivity contribution is 7.99. The van der Waals surface area contributed by atoms with Gasteiger partial charge in [0, 0.05) is 4.90 Å². The predicted octanol–water partition coefficient (Wildman–Crippen LogP) is 8.59. The lowest BCUT2D eigenvalue weighted by Gasteiger charge is -2.08. The molecule has 0 aliphatic heterocycles. The zero-order valence-corrected chi connectivity index (χ0v) is 22.1. The molecule has 0 fully saturated rings. The number of ether oxygens (including phenoxy) is 2. The number of carbonyl (C=O) groups excluding carboxylic acids is 2. The number of benzene rings is 3. The highest BCUT2D eigenvalue weighted by Crippen LogP contribution is 2.26. The van der Waals surface area contributed by atoms with Crippen molar-refractivity contribution < 1.29 is 19.1 Å². The van der Waals surface area contributed by atoms with Crippen LogP contribution >= 0.6 is 11.8 Å². The normalized spacial score (nSPS) is 10.7. The molecular formula is C31H36O4S. The molecule has 5 heteroatoms. The van der Waals surface area contributed by atoms with Crippen LogP contribution in [0.2, 0.25) is 0 Å². The Labute approximate surface area is 219 Å². The summed E-state index contributed by atoms with van der Waals surface area (Å²) in [7, 11) is 0. The molecule has 3 aromatic carbocycles. The van der Waals surface area contributed by atoms with E-state index in [2.05, 4.69) is 38.1 Å². The van der Waals surface area contributed by atoms with Gasteiger partial charge < -0.3 is 9.47 Å². The van der Waals surface area contributed by atoms with Crippen LogP contribution in [-0.2, 0) is 4.74 Å². The van der Waals surface area contributed by atoms with Crippen molar-refractivity contribution in [1.29, 1.82) is 0 Å². The fraction of sp³-hybridized carbons (Fsp3) is 0.355. The first-order chi connectivity index (χ1) is 17.6. The molecule has 0 atom stereocenters. The van der Waals surface area contributed by atoms with Crippen LogP contribution in [0.25, 0.3) is 11.1 Å². The minimum Gasteiger partial charge on any atom is -0.462 e. The monoisotopic (exact) mass is 504 g/mol. The Bertz CT molecular complexity index is 1070. The van der Waals surface area contributed by atoms with E-state index in [1.807, 2.05) is 23.9 Å². The Hall–Kier alpha value is -3.05. The lowest BCUT2D eigenvalue weighted by Crippen LogP contribution is -2.09. The first-order valence-corrected chi connectivity index (χ1v) is 13.9. The molecule has 0 bridgehead atoms. The number of carbonyl (C=O) groups is 2. The number of hydrogen-bond acceptors (Lipinski definition) is 5. The van der Waals surface area contributed by atoms with Gasteiger partial charge in [0.25, 0.3) is 0 Å². The number of hydrogen-bond donors (Lipinski definition) is 0. The van der Waals surface area contributed by atoms with Gasteiger partial charge in [-0.15, -0.1) is 11.8 Å². The van der Waals surface area contributed by atoms with E-state index in [9.17, 15) is 9.59 Å². The molecule has 3 rings (SSSR count). The van der Waals surface area contributed by atoms with Gasteiger partial charge in [0.2, 0.25) is 0 Å². The maximum atomic E-state index is 12.6. The minimum absolute atomic E-state index is 0.363. The van der Waals surface area contributed by atoms with Gasteiger partial charge in [-0.25, -0.2) is 9.59 Å². The van der Waals surface area contributed by atoms with E-state index in [1.54, 1.807) is 36.4 Å². The Morgan fingerprint density at radius 2 is 1.19 bits per heavy atom. The Balaban J connectivity index is 1.50. The first-order valence-electron chi connectivity index (χ1n) is 12.9. The van der Waals surface area contributed by atoms with Gasteiger partial charge >= 0.3 is 11.9 Å². The summed E-state index contributed by atoms with van der Waals surface area (Å²) >= 11 is 1.90. The third-order valence-corrected chi connectivity index (χ3v) is 6.95. The lowest BCUT2D eigenvalue weighted by atomic mass is 10.0. The molecule has 3 aromatic rings. The Morgan fingerprint density at radius 3 is 1.83 bits per heavy atom. The highest BCUT2D eigenvalue weighted by atomic mass is 32.2. The van der Waals surface area contributed by atoms with E-state index in [-0.39, 0.29) is 5.97 Å². The van der Waals surface area contributed by atoms with Crippen molar-refractivity contribution in [3.05, 3.63) is 83.9 Å². The maximum absolute atomic E-state index is 12.6. The van der Waals surface area contributed by atoms with Crippen molar-refractivity contribution in [3.63, 3.8) is 0 Å². The van der Waals surface area contributed by atoms with E-state index in [0.717, 1.165) is 36.1 Å². The van der Waals surface area contributed by atoms with Crippen LogP contribution in [0.1, 0.15) is 79.5 Å². The van der Waals surface area contributed by atoms with Crippen LogP contribution in [0.4, 0.5) is 0 Å². The average Bonchev–Trinajstić information content (AvgIpc) is 2.92. The van der Waals surface area contributed by atoms with E-state index in [4.69, 9.17) is 9.47 Å². The molecule has 0 N–H and O–H groups in total. The molecule has 4 nitrogen and oxygen atoms in total. The Morgan fingerprint density at radius 1 is 0.639 bits per heavy atom. The second-order valence-corrected chi connectivity index (χ2v) is 9.94. The zero-order valence-electron chi connectivity index (χ0n) is 21.3. The smallest absolute Gasteiger partial charge is 0.343 e. The predicted molar refractivity (Wildman–Crippen MR) is 148 cm³/mol. The van der Waals surface area contributed by atoms with Crippen LogP contribution < -0.4 is 4.74 Å². The SMILES string of the molecule is CCCCCCSc1ccc(-c2ccc(C(=O)Oc3ccc(C(=O)OCCCCC)cc3)cc2)cc1.